The van der Waals surface area contributed by atoms with Gasteiger partial charge in [0.1, 0.15) is 35.4 Å². The van der Waals surface area contributed by atoms with Crippen molar-refractivity contribution in [3.8, 4) is 34.1 Å². The van der Waals surface area contributed by atoms with E-state index in [2.05, 4.69) is 10.1 Å². The number of methoxy groups -OCH3 is 1. The molecule has 5 rings (SSSR count). The Balaban J connectivity index is 1.76. The molecule has 1 aliphatic heterocycles. The second kappa shape index (κ2) is 9.60. The maximum Gasteiger partial charge on any atom is 0.407 e. The van der Waals surface area contributed by atoms with Gasteiger partial charge in [-0.05, 0) is 31.4 Å². The van der Waals surface area contributed by atoms with Gasteiger partial charge in [0, 0.05) is 36.1 Å². The van der Waals surface area contributed by atoms with Crippen molar-refractivity contribution in [3.05, 3.63) is 47.0 Å². The molecule has 9 nitrogen and oxygen atoms in total. The standard InChI is InChI=1S/C25H24F2N4O5S/c1-12-11-30(25(33)34)13(2)18-10-17(29-31(12)18)22-21(23-15(4-7-37-23)24(32)28-22)20-16(27)8-14(26)9-19(20)36-6-5-35-3/h4,7-10,12-13H,5-6,11H2,1-3H3,(H,28,32)(H,33,34)/t12-,13-/m0/s1. The predicted molar refractivity (Wildman–Crippen MR) is 133 cm³/mol. The Bertz CT molecular complexity index is 1500. The van der Waals surface area contributed by atoms with Gasteiger partial charge in [-0.1, -0.05) is 0 Å². The molecule has 12 heteroatoms. The Morgan fingerprint density at radius 1 is 1.22 bits per heavy atom. The molecule has 2 N–H and O–H groups in total. The van der Waals surface area contributed by atoms with E-state index in [1.165, 1.54) is 23.3 Å². The van der Waals surface area contributed by atoms with Crippen LogP contribution in [0.3, 0.4) is 0 Å². The summed E-state index contributed by atoms with van der Waals surface area (Å²) in [5.74, 6) is -1.98. The summed E-state index contributed by atoms with van der Waals surface area (Å²) >= 11 is 1.26. The molecule has 0 saturated carbocycles. The number of nitrogens with zero attached hydrogens (tertiary/aromatic N) is 4. The van der Waals surface area contributed by atoms with E-state index in [9.17, 15) is 19.4 Å². The minimum Gasteiger partial charge on any atom is -0.493 e. The minimum absolute atomic E-state index is 0.0216. The number of amides is 1. The minimum atomic E-state index is -1.05. The maximum absolute atomic E-state index is 15.5. The Morgan fingerprint density at radius 3 is 2.73 bits per heavy atom. The lowest BCUT2D eigenvalue weighted by Gasteiger charge is -2.35. The molecule has 0 aliphatic carbocycles. The number of ether oxygens (including phenoxy) is 2. The van der Waals surface area contributed by atoms with Crippen molar-refractivity contribution in [1.82, 2.24) is 19.7 Å². The molecule has 1 aromatic carbocycles. The SMILES string of the molecule is COCCOc1cc(F)cc(F)c1-c1c(-c2cc3n(n2)[C@@H](C)CN(C(=O)O)[C@H]3C)nc(O)c2ccsc12. The van der Waals surface area contributed by atoms with E-state index in [4.69, 9.17) is 9.47 Å². The molecule has 0 spiro atoms. The Hall–Kier alpha value is -3.77. The number of carboxylic acid groups (broad SMARTS) is 1. The van der Waals surface area contributed by atoms with Gasteiger partial charge in [0.25, 0.3) is 0 Å². The maximum atomic E-state index is 15.5. The number of fused-ring (bicyclic) bond motifs is 2. The summed E-state index contributed by atoms with van der Waals surface area (Å²) in [4.78, 5) is 17.5. The number of carbonyl (C=O) groups is 1. The van der Waals surface area contributed by atoms with Crippen molar-refractivity contribution in [2.45, 2.75) is 25.9 Å². The average Bonchev–Trinajstić information content (AvgIpc) is 3.51. The van der Waals surface area contributed by atoms with E-state index in [-0.39, 0.29) is 48.7 Å². The molecule has 0 radical (unpaired) electrons. The third-order valence-corrected chi connectivity index (χ3v) is 7.36. The highest BCUT2D eigenvalue weighted by Crippen LogP contribution is 2.47. The van der Waals surface area contributed by atoms with Crippen LogP contribution >= 0.6 is 11.3 Å². The molecule has 1 aliphatic rings. The molecule has 0 bridgehead atoms. The number of hydrogen-bond donors (Lipinski definition) is 2. The zero-order valence-electron chi connectivity index (χ0n) is 20.2. The molecule has 0 fully saturated rings. The Labute approximate surface area is 214 Å². The van der Waals surface area contributed by atoms with Crippen LogP contribution in [0.1, 0.15) is 31.6 Å². The van der Waals surface area contributed by atoms with E-state index >= 15 is 4.39 Å². The molecule has 0 saturated heterocycles. The van der Waals surface area contributed by atoms with Crippen molar-refractivity contribution in [1.29, 1.82) is 0 Å². The topological polar surface area (TPSA) is 110 Å². The first-order valence-corrected chi connectivity index (χ1v) is 12.4. The molecule has 4 aromatic rings. The zero-order valence-corrected chi connectivity index (χ0v) is 21.1. The number of pyridine rings is 1. The second-order valence-electron chi connectivity index (χ2n) is 8.78. The third-order valence-electron chi connectivity index (χ3n) is 6.43. The Kier molecular flexibility index (Phi) is 6.46. The molecule has 0 unspecified atom stereocenters. The van der Waals surface area contributed by atoms with Gasteiger partial charge < -0.3 is 19.7 Å². The molecule has 3 aromatic heterocycles. The molecule has 4 heterocycles. The van der Waals surface area contributed by atoms with Gasteiger partial charge >= 0.3 is 6.09 Å². The number of hydrogen-bond acceptors (Lipinski definition) is 7. The number of aromatic nitrogens is 3. The second-order valence-corrected chi connectivity index (χ2v) is 9.70. The monoisotopic (exact) mass is 530 g/mol. The first-order valence-electron chi connectivity index (χ1n) is 11.5. The van der Waals surface area contributed by atoms with Crippen LogP contribution in [-0.2, 0) is 4.74 Å². The van der Waals surface area contributed by atoms with Gasteiger partial charge in [0.05, 0.1) is 35.3 Å². The van der Waals surface area contributed by atoms with Crippen LogP contribution < -0.4 is 4.74 Å². The summed E-state index contributed by atoms with van der Waals surface area (Å²) in [6.07, 6.45) is -1.05. The van der Waals surface area contributed by atoms with Crippen LogP contribution in [0.15, 0.2) is 29.6 Å². The van der Waals surface area contributed by atoms with Gasteiger partial charge in [0.2, 0.25) is 5.88 Å². The lowest BCUT2D eigenvalue weighted by molar-refractivity contribution is 0.102. The van der Waals surface area contributed by atoms with Crippen LogP contribution in [0.5, 0.6) is 11.6 Å². The fourth-order valence-electron chi connectivity index (χ4n) is 4.68. The van der Waals surface area contributed by atoms with Crippen molar-refractivity contribution in [3.63, 3.8) is 0 Å². The van der Waals surface area contributed by atoms with Crippen molar-refractivity contribution >= 4 is 27.5 Å². The highest BCUT2D eigenvalue weighted by molar-refractivity contribution is 7.17. The van der Waals surface area contributed by atoms with Gasteiger partial charge in [-0.3, -0.25) is 9.58 Å². The first-order chi connectivity index (χ1) is 17.7. The van der Waals surface area contributed by atoms with Gasteiger partial charge in [-0.15, -0.1) is 11.3 Å². The zero-order chi connectivity index (χ0) is 26.4. The number of halogens is 2. The summed E-state index contributed by atoms with van der Waals surface area (Å²) in [7, 11) is 1.49. The number of aromatic hydroxyl groups is 1. The van der Waals surface area contributed by atoms with Crippen LogP contribution in [0, 0.1) is 11.6 Å². The summed E-state index contributed by atoms with van der Waals surface area (Å²) in [5.41, 5.74) is 1.38. The van der Waals surface area contributed by atoms with Crippen molar-refractivity contribution in [2.24, 2.45) is 0 Å². The number of rotatable bonds is 6. The molecular weight excluding hydrogens is 506 g/mol. The highest BCUT2D eigenvalue weighted by Gasteiger charge is 2.34. The largest absolute Gasteiger partial charge is 0.493 e. The van der Waals surface area contributed by atoms with Gasteiger partial charge in [-0.2, -0.15) is 5.10 Å². The first kappa shape index (κ1) is 24.9. The summed E-state index contributed by atoms with van der Waals surface area (Å²) in [6.45, 7) is 4.10. The molecule has 2 atom stereocenters. The van der Waals surface area contributed by atoms with E-state index in [1.54, 1.807) is 29.1 Å². The van der Waals surface area contributed by atoms with E-state index in [1.807, 2.05) is 6.92 Å². The smallest absolute Gasteiger partial charge is 0.407 e. The van der Waals surface area contributed by atoms with E-state index in [0.29, 0.717) is 27.0 Å². The summed E-state index contributed by atoms with van der Waals surface area (Å²) in [5, 5.41) is 27.2. The molecular formula is C25H24F2N4O5S. The van der Waals surface area contributed by atoms with Crippen molar-refractivity contribution in [2.75, 3.05) is 26.9 Å². The van der Waals surface area contributed by atoms with Crippen LogP contribution in [0.2, 0.25) is 0 Å². The van der Waals surface area contributed by atoms with Gasteiger partial charge in [0.15, 0.2) is 0 Å². The third kappa shape index (κ3) is 4.25. The molecule has 37 heavy (non-hydrogen) atoms. The molecule has 194 valence electrons. The van der Waals surface area contributed by atoms with Crippen molar-refractivity contribution < 1.29 is 33.3 Å². The number of benzene rings is 1. The lowest BCUT2D eigenvalue weighted by Crippen LogP contribution is -2.42. The van der Waals surface area contributed by atoms with Crippen LogP contribution in [-0.4, -0.2) is 62.8 Å². The van der Waals surface area contributed by atoms with Gasteiger partial charge in [-0.25, -0.2) is 18.6 Å². The predicted octanol–water partition coefficient (Wildman–Crippen LogP) is 5.45. The fraction of sp³-hybridized carbons (Fsp3) is 0.320. The lowest BCUT2D eigenvalue weighted by atomic mass is 9.98. The highest BCUT2D eigenvalue weighted by atomic mass is 32.1. The fourth-order valence-corrected chi connectivity index (χ4v) is 5.62. The Morgan fingerprint density at radius 2 is 2.00 bits per heavy atom. The summed E-state index contributed by atoms with van der Waals surface area (Å²) < 4.78 is 42.7. The van der Waals surface area contributed by atoms with Crippen LogP contribution in [0.25, 0.3) is 32.6 Å². The quantitative estimate of drug-likeness (QED) is 0.319. The number of thiophene rings is 1. The average molecular weight is 531 g/mol. The molecule has 1 amide bonds. The summed E-state index contributed by atoms with van der Waals surface area (Å²) in [6, 6.07) is 4.45. The van der Waals surface area contributed by atoms with Crippen LogP contribution in [0.4, 0.5) is 13.6 Å². The van der Waals surface area contributed by atoms with E-state index in [0.717, 1.165) is 12.1 Å². The normalized spacial score (nSPS) is 17.3. The van der Waals surface area contributed by atoms with E-state index < -0.39 is 23.8 Å².